The number of nitrogens with zero attached hydrogens (tertiary/aromatic N) is 2. The third-order valence-electron chi connectivity index (χ3n) is 7.33. The van der Waals surface area contributed by atoms with Crippen LogP contribution in [0, 0.1) is 5.82 Å². The van der Waals surface area contributed by atoms with Crippen molar-refractivity contribution in [2.45, 2.75) is 104 Å². The zero-order chi connectivity index (χ0) is 28.4. The van der Waals surface area contributed by atoms with Gasteiger partial charge in [-0.3, -0.25) is 9.78 Å². The smallest absolute Gasteiger partial charge is 0.224 e. The van der Waals surface area contributed by atoms with Crippen molar-refractivity contribution in [2.24, 2.45) is 0 Å². The van der Waals surface area contributed by atoms with Crippen LogP contribution in [0.25, 0.3) is 0 Å². The number of anilines is 1. The minimum Gasteiger partial charge on any atom is -0.491 e. The lowest BCUT2D eigenvalue weighted by atomic mass is 10.1. The van der Waals surface area contributed by atoms with Crippen molar-refractivity contribution in [1.82, 2.24) is 4.98 Å². The fourth-order valence-corrected chi connectivity index (χ4v) is 5.02. The number of hydrogen-bond acceptors (Lipinski definition) is 3. The summed E-state index contributed by atoms with van der Waals surface area (Å²) in [7, 11) is 0. The van der Waals surface area contributed by atoms with E-state index in [-0.39, 0.29) is 34.5 Å². The number of pyridine rings is 1. The monoisotopic (exact) mass is 626 g/mol. The van der Waals surface area contributed by atoms with Gasteiger partial charge in [-0.05, 0) is 59.9 Å². The number of benzene rings is 2. The first kappa shape index (κ1) is 34.5. The minimum atomic E-state index is -0.384. The Hall–Kier alpha value is -2.73. The lowest BCUT2D eigenvalue weighted by Crippen LogP contribution is -2.28. The van der Waals surface area contributed by atoms with Gasteiger partial charge in [0.25, 0.3) is 0 Å². The van der Waals surface area contributed by atoms with Crippen molar-refractivity contribution in [3.63, 3.8) is 0 Å². The number of halogens is 2. The van der Waals surface area contributed by atoms with Crippen molar-refractivity contribution in [3.05, 3.63) is 89.5 Å². The standard InChI is InChI=1S/C35H47FN2O2.BrH/c1-3-4-5-6-7-8-9-10-11-12-13-14-23-40-35-21-20-32(26-34(35)36)28-38(29(2)39)33-19-15-17-30(25-33)24-31-18-16-22-37-27-31;/h15-22,25-27H,3-14,23-24,28H2,1-2H3;1H. The Labute approximate surface area is 257 Å². The quantitative estimate of drug-likeness (QED) is 0.124. The summed E-state index contributed by atoms with van der Waals surface area (Å²) >= 11 is 0. The summed E-state index contributed by atoms with van der Waals surface area (Å²) in [6, 6.07) is 16.9. The number of carbonyl (C=O) groups is 1. The van der Waals surface area contributed by atoms with E-state index in [0.29, 0.717) is 13.2 Å². The van der Waals surface area contributed by atoms with E-state index in [0.717, 1.165) is 41.6 Å². The second-order valence-corrected chi connectivity index (χ2v) is 10.8. The molecule has 0 unspecified atom stereocenters. The number of amides is 1. The maximum Gasteiger partial charge on any atom is 0.224 e. The van der Waals surface area contributed by atoms with Gasteiger partial charge in [-0.25, -0.2) is 4.39 Å². The van der Waals surface area contributed by atoms with E-state index in [9.17, 15) is 9.18 Å². The summed E-state index contributed by atoms with van der Waals surface area (Å²) in [5, 5.41) is 0. The minimum absolute atomic E-state index is 0. The molecule has 3 aromatic rings. The Balaban J connectivity index is 0.00000588. The third-order valence-corrected chi connectivity index (χ3v) is 7.33. The van der Waals surface area contributed by atoms with E-state index in [1.807, 2.05) is 48.7 Å². The van der Waals surface area contributed by atoms with Crippen LogP contribution in [0.3, 0.4) is 0 Å². The second-order valence-electron chi connectivity index (χ2n) is 10.8. The van der Waals surface area contributed by atoms with Gasteiger partial charge in [0.05, 0.1) is 13.2 Å². The predicted molar refractivity (Wildman–Crippen MR) is 174 cm³/mol. The fraction of sp³-hybridized carbons (Fsp3) is 0.486. The van der Waals surface area contributed by atoms with Gasteiger partial charge in [-0.1, -0.05) is 102 Å². The van der Waals surface area contributed by atoms with Crippen molar-refractivity contribution in [2.75, 3.05) is 11.5 Å². The molecule has 0 spiro atoms. The van der Waals surface area contributed by atoms with Crippen LogP contribution in [0.5, 0.6) is 5.75 Å². The van der Waals surface area contributed by atoms with Crippen LogP contribution in [0.4, 0.5) is 10.1 Å². The molecule has 0 saturated carbocycles. The van der Waals surface area contributed by atoms with Gasteiger partial charge in [0.2, 0.25) is 5.91 Å². The Morgan fingerprint density at radius 1 is 0.805 bits per heavy atom. The average molecular weight is 628 g/mol. The molecule has 0 aliphatic carbocycles. The number of hydrogen-bond donors (Lipinski definition) is 0. The van der Waals surface area contributed by atoms with E-state index in [2.05, 4.69) is 11.9 Å². The highest BCUT2D eigenvalue weighted by Gasteiger charge is 2.15. The molecule has 0 atom stereocenters. The lowest BCUT2D eigenvalue weighted by molar-refractivity contribution is -0.116. The van der Waals surface area contributed by atoms with Gasteiger partial charge in [0, 0.05) is 25.0 Å². The fourth-order valence-electron chi connectivity index (χ4n) is 5.02. The van der Waals surface area contributed by atoms with Gasteiger partial charge in [-0.15, -0.1) is 17.0 Å². The van der Waals surface area contributed by atoms with E-state index in [1.54, 1.807) is 17.2 Å². The van der Waals surface area contributed by atoms with E-state index < -0.39 is 0 Å². The van der Waals surface area contributed by atoms with Gasteiger partial charge in [-0.2, -0.15) is 0 Å². The number of ether oxygens (including phenoxy) is 1. The molecule has 0 fully saturated rings. The molecule has 1 aromatic heterocycles. The molecule has 1 amide bonds. The van der Waals surface area contributed by atoms with E-state index in [1.165, 1.54) is 77.2 Å². The normalized spacial score (nSPS) is 10.7. The van der Waals surface area contributed by atoms with Gasteiger partial charge >= 0.3 is 0 Å². The van der Waals surface area contributed by atoms with Crippen molar-refractivity contribution >= 4 is 28.6 Å². The Kier molecular flexibility index (Phi) is 17.0. The highest BCUT2D eigenvalue weighted by Crippen LogP contribution is 2.24. The first-order chi connectivity index (χ1) is 19.6. The van der Waals surface area contributed by atoms with Crippen LogP contribution < -0.4 is 9.64 Å². The number of aromatic nitrogens is 1. The number of rotatable bonds is 19. The highest BCUT2D eigenvalue weighted by molar-refractivity contribution is 8.93. The molecule has 41 heavy (non-hydrogen) atoms. The molecular formula is C35H48BrFN2O2. The van der Waals surface area contributed by atoms with Crippen LogP contribution in [-0.2, 0) is 17.8 Å². The molecule has 1 heterocycles. The summed E-state index contributed by atoms with van der Waals surface area (Å²) in [6.45, 7) is 4.62. The molecule has 2 aromatic carbocycles. The van der Waals surface area contributed by atoms with Crippen molar-refractivity contribution in [1.29, 1.82) is 0 Å². The molecule has 0 aliphatic heterocycles. The molecule has 0 N–H and O–H groups in total. The maximum atomic E-state index is 14.8. The van der Waals surface area contributed by atoms with E-state index >= 15 is 0 Å². The number of unbranched alkanes of at least 4 members (excludes halogenated alkanes) is 11. The Bertz CT molecular complexity index is 1140. The Morgan fingerprint density at radius 2 is 1.46 bits per heavy atom. The van der Waals surface area contributed by atoms with Gasteiger partial charge in [0.15, 0.2) is 11.6 Å². The summed E-state index contributed by atoms with van der Waals surface area (Å²) in [6.07, 6.45) is 19.7. The first-order valence-electron chi connectivity index (χ1n) is 15.2. The SMILES string of the molecule is Br.CCCCCCCCCCCCCCOc1ccc(CN(C(C)=O)c2cccc(Cc3cccnc3)c2)cc1F. The molecule has 224 valence electrons. The number of carbonyl (C=O) groups excluding carboxylic acids is 1. The predicted octanol–water partition coefficient (Wildman–Crippen LogP) is 10.0. The highest BCUT2D eigenvalue weighted by atomic mass is 79.9. The van der Waals surface area contributed by atoms with Crippen LogP contribution >= 0.6 is 17.0 Å². The molecule has 6 heteroatoms. The van der Waals surface area contributed by atoms with Crippen LogP contribution in [0.1, 0.15) is 108 Å². The lowest BCUT2D eigenvalue weighted by Gasteiger charge is -2.22. The molecule has 0 bridgehead atoms. The molecule has 0 saturated heterocycles. The Morgan fingerprint density at radius 3 is 2.07 bits per heavy atom. The van der Waals surface area contributed by atoms with Gasteiger partial charge < -0.3 is 9.64 Å². The van der Waals surface area contributed by atoms with Crippen molar-refractivity contribution in [3.8, 4) is 5.75 Å². The summed E-state index contributed by atoms with van der Waals surface area (Å²) in [5.74, 6) is -0.198. The average Bonchev–Trinajstić information content (AvgIpc) is 2.95. The van der Waals surface area contributed by atoms with Crippen LogP contribution in [-0.4, -0.2) is 17.5 Å². The molecular weight excluding hydrogens is 579 g/mol. The molecule has 4 nitrogen and oxygen atoms in total. The summed E-state index contributed by atoms with van der Waals surface area (Å²) in [4.78, 5) is 18.4. The zero-order valence-electron chi connectivity index (χ0n) is 25.0. The summed E-state index contributed by atoms with van der Waals surface area (Å²) < 4.78 is 20.6. The van der Waals surface area contributed by atoms with Crippen molar-refractivity contribution < 1.29 is 13.9 Å². The molecule has 0 aliphatic rings. The van der Waals surface area contributed by atoms with Crippen LogP contribution in [0.2, 0.25) is 0 Å². The summed E-state index contributed by atoms with van der Waals surface area (Å²) in [5.41, 5.74) is 3.71. The van der Waals surface area contributed by atoms with Crippen LogP contribution in [0.15, 0.2) is 67.0 Å². The zero-order valence-corrected chi connectivity index (χ0v) is 26.7. The van der Waals surface area contributed by atoms with E-state index in [4.69, 9.17) is 4.74 Å². The third kappa shape index (κ3) is 13.2. The second kappa shape index (κ2) is 20.2. The molecule has 3 rings (SSSR count). The van der Waals surface area contributed by atoms with Gasteiger partial charge in [0.1, 0.15) is 0 Å². The topological polar surface area (TPSA) is 42.4 Å². The maximum absolute atomic E-state index is 14.8. The first-order valence-corrected chi connectivity index (χ1v) is 15.2. The largest absolute Gasteiger partial charge is 0.491 e. The molecule has 0 radical (unpaired) electrons.